The van der Waals surface area contributed by atoms with Gasteiger partial charge in [0, 0.05) is 92.0 Å². The minimum absolute atomic E-state index is 0.00648. The van der Waals surface area contributed by atoms with E-state index in [0.717, 1.165) is 59.3 Å². The van der Waals surface area contributed by atoms with Crippen LogP contribution < -0.4 is 39.6 Å². The number of aliphatic hydroxyl groups is 3. The number of alkyl halides is 2. The zero-order valence-corrected chi connectivity index (χ0v) is 54.9. The number of carbonyl (C=O) groups is 4. The van der Waals surface area contributed by atoms with E-state index >= 15 is 4.39 Å². The topological polar surface area (TPSA) is 309 Å². The largest absolute Gasteiger partial charge is 0.489 e. The lowest BCUT2D eigenvalue weighted by Gasteiger charge is -2.34. The van der Waals surface area contributed by atoms with Crippen molar-refractivity contribution in [2.45, 2.75) is 95.0 Å². The number of aromatic nitrogens is 3. The van der Waals surface area contributed by atoms with Crippen LogP contribution in [0.1, 0.15) is 75.0 Å². The molecule has 22 nitrogen and oxygen atoms in total. The maximum Gasteiger partial charge on any atom is 0.276 e. The number of hydrogen-bond donors (Lipinski definition) is 6. The monoisotopic (exact) mass is 1350 g/mol. The summed E-state index contributed by atoms with van der Waals surface area (Å²) in [4.78, 5) is 60.2. The number of hydrogen-bond acceptors (Lipinski definition) is 17. The van der Waals surface area contributed by atoms with Crippen LogP contribution in [0.4, 0.5) is 31.8 Å². The van der Waals surface area contributed by atoms with Crippen LogP contribution in [0.3, 0.4) is 0 Å². The summed E-state index contributed by atoms with van der Waals surface area (Å²) >= 11 is 0. The number of rotatable bonds is 19. The molecule has 0 spiro atoms. The summed E-state index contributed by atoms with van der Waals surface area (Å²) < 4.78 is 54.8. The SMILES string of the molecule is CC(O)[C@@H]1C[C@H]1C(=O)Nc1cc(-c2ccc(OC3CCOCC3)c(C#N)c2)ccn1.C[n+]1ccccc1N1CC[C@H](Oc2ccc(-c3cc(NC(=O)C4CC4)ccn3)cc2C#N)[C@H](F)C1.N#Cc1cc(-c2cccc(NC(=O)[C@@H]3C[C@@H]3CO)c2)ccc1O[C@H]1CCN(C(=O)CO)C[C@H]1F. The number of likely N-dealkylation sites (tertiary alicyclic amines) is 1. The number of pyridine rings is 3. The molecule has 7 aromatic rings. The van der Waals surface area contributed by atoms with Crippen LogP contribution in [-0.4, -0.2) is 143 Å². The fourth-order valence-corrected chi connectivity index (χ4v) is 12.4. The Morgan fingerprint density at radius 3 is 1.84 bits per heavy atom. The van der Waals surface area contributed by atoms with Crippen LogP contribution in [0.5, 0.6) is 17.2 Å². The predicted molar refractivity (Wildman–Crippen MR) is 362 cm³/mol. The second-order valence-corrected chi connectivity index (χ2v) is 25.6. The van der Waals surface area contributed by atoms with E-state index in [2.05, 4.69) is 44.1 Å². The molecule has 512 valence electrons. The van der Waals surface area contributed by atoms with Gasteiger partial charge in [0.25, 0.3) is 5.82 Å². The van der Waals surface area contributed by atoms with Crippen molar-refractivity contribution in [2.75, 3.05) is 73.5 Å². The van der Waals surface area contributed by atoms with Gasteiger partial charge >= 0.3 is 0 Å². The number of halogens is 2. The Balaban J connectivity index is 0.000000150. The molecule has 3 aromatic heterocycles. The molecular formula is C75H78F2N11O11+. The lowest BCUT2D eigenvalue weighted by atomic mass is 10.0. The number of carbonyl (C=O) groups excluding carboxylic acids is 4. The summed E-state index contributed by atoms with van der Waals surface area (Å²) in [7, 11) is 1.94. The van der Waals surface area contributed by atoms with Crippen molar-refractivity contribution < 1.29 is 66.8 Å². The first-order chi connectivity index (χ1) is 48.0. The molecule has 6 fully saturated rings. The van der Waals surface area contributed by atoms with Gasteiger partial charge in [0.2, 0.25) is 23.6 Å². The van der Waals surface area contributed by atoms with Gasteiger partial charge in [-0.3, -0.25) is 29.1 Å². The Labute approximate surface area is 572 Å². The third-order valence-corrected chi connectivity index (χ3v) is 18.5. The van der Waals surface area contributed by atoms with Crippen molar-refractivity contribution in [3.8, 4) is 69.0 Å². The molecule has 24 heteroatoms. The van der Waals surface area contributed by atoms with Gasteiger partial charge in [0.15, 0.2) is 12.3 Å². The van der Waals surface area contributed by atoms with E-state index in [1.54, 1.807) is 98.2 Å². The van der Waals surface area contributed by atoms with Gasteiger partial charge in [-0.25, -0.2) is 18.3 Å². The number of anilines is 4. The maximum atomic E-state index is 15.1. The van der Waals surface area contributed by atoms with Gasteiger partial charge in [-0.05, 0) is 152 Å². The first-order valence-electron chi connectivity index (χ1n) is 33.3. The van der Waals surface area contributed by atoms with Crippen molar-refractivity contribution in [3.05, 3.63) is 157 Å². The molecule has 4 aromatic carbocycles. The number of benzene rings is 4. The van der Waals surface area contributed by atoms with Gasteiger partial charge in [-0.15, -0.1) is 0 Å². The molecule has 3 aliphatic carbocycles. The van der Waals surface area contributed by atoms with Crippen LogP contribution in [0.15, 0.2) is 140 Å². The Morgan fingerprint density at radius 1 is 0.636 bits per heavy atom. The highest BCUT2D eigenvalue weighted by Crippen LogP contribution is 2.43. The van der Waals surface area contributed by atoms with Crippen molar-refractivity contribution in [3.63, 3.8) is 0 Å². The number of piperidine rings is 2. The van der Waals surface area contributed by atoms with Crippen LogP contribution >= 0.6 is 0 Å². The van der Waals surface area contributed by atoms with E-state index in [4.69, 9.17) is 29.2 Å². The molecule has 6 aliphatic rings. The molecule has 6 heterocycles. The molecule has 3 saturated carbocycles. The zero-order valence-electron chi connectivity index (χ0n) is 54.9. The number of aryl methyl sites for hydroxylation is 1. The summed E-state index contributed by atoms with van der Waals surface area (Å²) in [6.45, 7) is 3.39. The highest BCUT2D eigenvalue weighted by molar-refractivity contribution is 5.96. The van der Waals surface area contributed by atoms with Gasteiger partial charge in [-0.2, -0.15) is 15.8 Å². The number of nitrogens with zero attached hydrogens (tertiary/aromatic N) is 8. The number of ether oxygens (including phenoxy) is 4. The van der Waals surface area contributed by atoms with Crippen molar-refractivity contribution in [1.82, 2.24) is 14.9 Å². The van der Waals surface area contributed by atoms with E-state index < -0.39 is 43.2 Å². The Hall–Kier alpha value is -10.4. The molecule has 3 aliphatic heterocycles. The zero-order chi connectivity index (χ0) is 69.7. The molecular weight excluding hydrogens is 1270 g/mol. The fourth-order valence-electron chi connectivity index (χ4n) is 12.4. The fraction of sp³-hybridized carbons (Fsp3) is 0.387. The average molecular weight is 1350 g/mol. The first kappa shape index (κ1) is 69.9. The second kappa shape index (κ2) is 32.3. The second-order valence-electron chi connectivity index (χ2n) is 25.6. The van der Waals surface area contributed by atoms with Gasteiger partial charge < -0.3 is 55.1 Å². The van der Waals surface area contributed by atoms with Crippen LogP contribution in [0.2, 0.25) is 0 Å². The number of amides is 4. The third-order valence-electron chi connectivity index (χ3n) is 18.5. The molecule has 9 atom stereocenters. The van der Waals surface area contributed by atoms with E-state index in [0.29, 0.717) is 84.5 Å². The quantitative estimate of drug-likeness (QED) is 0.0411. The minimum Gasteiger partial charge on any atom is -0.489 e. The number of nitrogens with one attached hydrogen (secondary N) is 3. The van der Waals surface area contributed by atoms with Crippen LogP contribution in [0, 0.1) is 63.6 Å². The Morgan fingerprint density at radius 2 is 1.23 bits per heavy atom. The maximum absolute atomic E-state index is 15.1. The summed E-state index contributed by atoms with van der Waals surface area (Å²) in [6.07, 6.45) is 6.36. The summed E-state index contributed by atoms with van der Waals surface area (Å²) in [6, 6.07) is 42.4. The standard InChI is InChI=1S/C27H26FN5O2.C25H26FN3O5.C23H25N3O4/c1-32-12-3-2-4-26(32)33-13-10-25(22(28)17-33)35-24-8-7-19(14-20(24)16-29)23-15-21(9-11-30-23)31-27(34)18-5-6-18;26-21-12-29(24(32)14-31)7-6-23(21)34-22-5-4-16(8-17(22)11-27)15-2-1-3-19(9-15)28-25(33)20-10-18(20)13-30;1-14(27)19-12-20(19)23(28)26-22-11-16(4-7-25-22)15-2-3-21(17(10-15)13-24)30-18-5-8-29-9-6-18/h2-4,7-9,11-12,14-15,18,22,25H,5-6,10,13,17H2,1H3;1-5,8-9,18,20-21,23,30-31H,6-7,10,12-14H2,(H,28,33);2-4,7,10-11,14,18-20,27H,5-6,8-9,12H2,1H3,(H,25,26,28)/p+1/t22-,25+;18-,20-,21-,23+;14?,19-,20+/m110/s1. The van der Waals surface area contributed by atoms with Crippen molar-refractivity contribution in [2.24, 2.45) is 36.6 Å². The van der Waals surface area contributed by atoms with Gasteiger partial charge in [0.1, 0.15) is 72.7 Å². The Kier molecular flexibility index (Phi) is 22.8. The molecule has 0 bridgehead atoms. The predicted octanol–water partition coefficient (Wildman–Crippen LogP) is 9.02. The lowest BCUT2D eigenvalue weighted by molar-refractivity contribution is -0.659. The molecule has 0 radical (unpaired) electrons. The van der Waals surface area contributed by atoms with E-state index in [9.17, 15) is 44.5 Å². The van der Waals surface area contributed by atoms with Crippen molar-refractivity contribution >= 4 is 46.6 Å². The Bertz CT molecular complexity index is 4210. The van der Waals surface area contributed by atoms with E-state index in [1.165, 1.54) is 4.90 Å². The van der Waals surface area contributed by atoms with Gasteiger partial charge in [-0.1, -0.05) is 30.3 Å². The minimum atomic E-state index is -1.44. The number of aliphatic hydroxyl groups excluding tert-OH is 3. The molecule has 1 unspecified atom stereocenters. The molecule has 13 rings (SSSR count). The highest BCUT2D eigenvalue weighted by Gasteiger charge is 2.46. The smallest absolute Gasteiger partial charge is 0.276 e. The third kappa shape index (κ3) is 18.0. The lowest BCUT2D eigenvalue weighted by Crippen LogP contribution is -2.50. The summed E-state index contributed by atoms with van der Waals surface area (Å²) in [5, 5.41) is 65.3. The molecule has 4 amide bonds. The van der Waals surface area contributed by atoms with E-state index in [-0.39, 0.29) is 97.4 Å². The highest BCUT2D eigenvalue weighted by atomic mass is 19.1. The van der Waals surface area contributed by atoms with Crippen LogP contribution in [-0.2, 0) is 31.0 Å². The van der Waals surface area contributed by atoms with Crippen molar-refractivity contribution in [1.29, 1.82) is 15.8 Å². The number of nitriles is 3. The van der Waals surface area contributed by atoms with Crippen LogP contribution in [0.25, 0.3) is 33.5 Å². The molecule has 3 saturated heterocycles. The normalized spacial score (nSPS) is 21.7. The average Bonchev–Trinajstić information content (AvgIpc) is 1.01. The molecule has 6 N–H and O–H groups in total. The van der Waals surface area contributed by atoms with Gasteiger partial charge in [0.05, 0.1) is 68.0 Å². The summed E-state index contributed by atoms with van der Waals surface area (Å²) in [5.41, 5.74) is 6.90. The summed E-state index contributed by atoms with van der Waals surface area (Å²) in [5.74, 6) is 1.70. The van der Waals surface area contributed by atoms with E-state index in [1.807, 2.05) is 65.2 Å². The first-order valence-corrected chi connectivity index (χ1v) is 33.3. The molecule has 99 heavy (non-hydrogen) atoms.